The third kappa shape index (κ3) is 1.72. The van der Waals surface area contributed by atoms with E-state index < -0.39 is 0 Å². The Balaban J connectivity index is 2.41. The van der Waals surface area contributed by atoms with Crippen molar-refractivity contribution >= 4 is 11.8 Å². The summed E-state index contributed by atoms with van der Waals surface area (Å²) in [5, 5.41) is 0. The van der Waals surface area contributed by atoms with E-state index in [4.69, 9.17) is 0 Å². The quantitative estimate of drug-likeness (QED) is 0.756. The van der Waals surface area contributed by atoms with Crippen molar-refractivity contribution < 1.29 is 0 Å². The molecule has 0 spiro atoms. The van der Waals surface area contributed by atoms with Crippen molar-refractivity contribution in [2.45, 2.75) is 0 Å². The van der Waals surface area contributed by atoms with E-state index in [2.05, 4.69) is 23.1 Å². The average Bonchev–Trinajstić information content (AvgIpc) is 2.77. The number of rotatable bonds is 3. The highest BCUT2D eigenvalue weighted by Gasteiger charge is 2.06. The third-order valence-corrected chi connectivity index (χ3v) is 2.15. The molecule has 0 saturated heterocycles. The lowest BCUT2D eigenvalue weighted by Gasteiger charge is -2.05. The van der Waals surface area contributed by atoms with Gasteiger partial charge in [-0.05, 0) is 12.1 Å². The Labute approximate surface area is 88.4 Å². The maximum Gasteiger partial charge on any atom is 0.0991 e. The fraction of sp³-hybridized carbons (Fsp3) is 0. The van der Waals surface area contributed by atoms with Gasteiger partial charge in [-0.3, -0.25) is 4.98 Å². The molecule has 74 valence electrons. The first-order chi connectivity index (χ1) is 7.33. The minimum absolute atomic E-state index is 0.841. The van der Waals surface area contributed by atoms with E-state index in [1.54, 1.807) is 24.9 Å². The smallest absolute Gasteiger partial charge is 0.0991 e. The van der Waals surface area contributed by atoms with Gasteiger partial charge in [-0.15, -0.1) is 0 Å². The molecule has 15 heavy (non-hydrogen) atoms. The lowest BCUT2D eigenvalue weighted by molar-refractivity contribution is 1.11. The van der Waals surface area contributed by atoms with Crippen LogP contribution in [-0.2, 0) is 0 Å². The molecule has 0 radical (unpaired) electrons. The molecular formula is C12H11N3. The molecule has 0 aliphatic heterocycles. The van der Waals surface area contributed by atoms with Crippen LogP contribution in [0, 0.1) is 0 Å². The number of pyridine rings is 1. The van der Waals surface area contributed by atoms with Gasteiger partial charge in [0, 0.05) is 18.0 Å². The van der Waals surface area contributed by atoms with Crippen LogP contribution < -0.4 is 0 Å². The van der Waals surface area contributed by atoms with Crippen LogP contribution in [0.25, 0.3) is 11.8 Å². The summed E-state index contributed by atoms with van der Waals surface area (Å²) >= 11 is 0. The number of aromatic nitrogens is 3. The van der Waals surface area contributed by atoms with E-state index in [1.165, 1.54) is 0 Å². The number of imidazole rings is 1. The first kappa shape index (κ1) is 9.40. The van der Waals surface area contributed by atoms with E-state index in [1.807, 2.05) is 22.8 Å². The largest absolute Gasteiger partial charge is 0.306 e. The molecule has 0 unspecified atom stereocenters. The van der Waals surface area contributed by atoms with Gasteiger partial charge in [0.25, 0.3) is 0 Å². The number of hydrogen-bond donors (Lipinski definition) is 0. The van der Waals surface area contributed by atoms with E-state index in [0.29, 0.717) is 0 Å². The van der Waals surface area contributed by atoms with Crippen molar-refractivity contribution in [3.8, 4) is 0 Å². The summed E-state index contributed by atoms with van der Waals surface area (Å²) in [4.78, 5) is 8.28. The molecule has 0 aromatic carbocycles. The molecule has 0 atom stereocenters. The highest BCUT2D eigenvalue weighted by molar-refractivity contribution is 5.74. The molecule has 2 heterocycles. The zero-order valence-electron chi connectivity index (χ0n) is 8.30. The number of hydrogen-bond acceptors (Lipinski definition) is 2. The normalized spacial score (nSPS) is 9.87. The fourth-order valence-corrected chi connectivity index (χ4v) is 1.36. The maximum atomic E-state index is 4.24. The molecule has 2 aromatic rings. The molecular weight excluding hydrogens is 186 g/mol. The van der Waals surface area contributed by atoms with E-state index in [9.17, 15) is 0 Å². The summed E-state index contributed by atoms with van der Waals surface area (Å²) in [5.74, 6) is 0. The standard InChI is InChI=1S/C12H11N3/c1-3-15-9-13-8-12(15)10(2)11-6-4-5-7-14-11/h3-9H,1-2H2. The first-order valence-electron chi connectivity index (χ1n) is 4.58. The molecule has 2 aromatic heterocycles. The van der Waals surface area contributed by atoms with Crippen molar-refractivity contribution in [2.24, 2.45) is 0 Å². The Bertz CT molecular complexity index is 483. The van der Waals surface area contributed by atoms with Crippen LogP contribution in [-0.4, -0.2) is 14.5 Å². The monoisotopic (exact) mass is 197 g/mol. The first-order valence-corrected chi connectivity index (χ1v) is 4.58. The second-order valence-electron chi connectivity index (χ2n) is 3.06. The van der Waals surface area contributed by atoms with E-state index in [0.717, 1.165) is 17.0 Å². The Morgan fingerprint density at radius 1 is 1.40 bits per heavy atom. The minimum Gasteiger partial charge on any atom is -0.306 e. The van der Waals surface area contributed by atoms with Gasteiger partial charge in [-0.2, -0.15) is 0 Å². The van der Waals surface area contributed by atoms with Gasteiger partial charge in [0.1, 0.15) is 0 Å². The maximum absolute atomic E-state index is 4.24. The summed E-state index contributed by atoms with van der Waals surface area (Å²) in [6.07, 6.45) is 6.88. The zero-order valence-corrected chi connectivity index (χ0v) is 8.30. The Morgan fingerprint density at radius 3 is 2.93 bits per heavy atom. The van der Waals surface area contributed by atoms with E-state index in [-0.39, 0.29) is 0 Å². The lowest BCUT2D eigenvalue weighted by Crippen LogP contribution is -1.95. The lowest BCUT2D eigenvalue weighted by atomic mass is 10.1. The Kier molecular flexibility index (Phi) is 2.46. The van der Waals surface area contributed by atoms with Crippen molar-refractivity contribution in [3.63, 3.8) is 0 Å². The summed E-state index contributed by atoms with van der Waals surface area (Å²) in [7, 11) is 0. The van der Waals surface area contributed by atoms with Crippen molar-refractivity contribution in [3.05, 3.63) is 61.5 Å². The topological polar surface area (TPSA) is 30.7 Å². The molecule has 0 aliphatic rings. The van der Waals surface area contributed by atoms with E-state index >= 15 is 0 Å². The van der Waals surface area contributed by atoms with Crippen LogP contribution in [0.2, 0.25) is 0 Å². The van der Waals surface area contributed by atoms with Gasteiger partial charge in [0.05, 0.1) is 23.9 Å². The predicted octanol–water partition coefficient (Wildman–Crippen LogP) is 2.44. The highest BCUT2D eigenvalue weighted by atomic mass is 15.0. The van der Waals surface area contributed by atoms with Gasteiger partial charge in [0.2, 0.25) is 0 Å². The van der Waals surface area contributed by atoms with Gasteiger partial charge < -0.3 is 4.57 Å². The average molecular weight is 197 g/mol. The van der Waals surface area contributed by atoms with Crippen LogP contribution in [0.3, 0.4) is 0 Å². The van der Waals surface area contributed by atoms with Crippen LogP contribution in [0.1, 0.15) is 11.4 Å². The molecule has 3 heteroatoms. The summed E-state index contributed by atoms with van der Waals surface area (Å²) in [6.45, 7) is 7.71. The van der Waals surface area contributed by atoms with Crippen molar-refractivity contribution in [1.82, 2.24) is 14.5 Å². The molecule has 3 nitrogen and oxygen atoms in total. The predicted molar refractivity (Wildman–Crippen MR) is 61.0 cm³/mol. The zero-order chi connectivity index (χ0) is 10.7. The Hall–Kier alpha value is -2.16. The molecule has 2 rings (SSSR count). The molecule has 0 bridgehead atoms. The van der Waals surface area contributed by atoms with Crippen LogP contribution >= 0.6 is 0 Å². The Morgan fingerprint density at radius 2 is 2.27 bits per heavy atom. The van der Waals surface area contributed by atoms with Gasteiger partial charge in [-0.25, -0.2) is 4.98 Å². The van der Waals surface area contributed by atoms with Crippen LogP contribution in [0.15, 0.2) is 50.1 Å². The number of nitrogens with zero attached hydrogens (tertiary/aromatic N) is 3. The van der Waals surface area contributed by atoms with Crippen molar-refractivity contribution in [1.29, 1.82) is 0 Å². The second-order valence-corrected chi connectivity index (χ2v) is 3.06. The third-order valence-electron chi connectivity index (χ3n) is 2.15. The van der Waals surface area contributed by atoms with Gasteiger partial charge >= 0.3 is 0 Å². The molecule has 0 saturated carbocycles. The highest BCUT2D eigenvalue weighted by Crippen LogP contribution is 2.18. The summed E-state index contributed by atoms with van der Waals surface area (Å²) < 4.78 is 1.82. The fourth-order valence-electron chi connectivity index (χ4n) is 1.36. The summed E-state index contributed by atoms with van der Waals surface area (Å²) in [5.41, 5.74) is 2.60. The second kappa shape index (κ2) is 3.92. The van der Waals surface area contributed by atoms with Gasteiger partial charge in [0.15, 0.2) is 0 Å². The molecule has 0 N–H and O–H groups in total. The minimum atomic E-state index is 0.841. The van der Waals surface area contributed by atoms with Crippen LogP contribution in [0.4, 0.5) is 0 Å². The van der Waals surface area contributed by atoms with Gasteiger partial charge in [-0.1, -0.05) is 19.2 Å². The molecule has 0 aliphatic carbocycles. The van der Waals surface area contributed by atoms with Crippen molar-refractivity contribution in [2.75, 3.05) is 0 Å². The molecule has 0 amide bonds. The SMILES string of the molecule is C=Cn1cncc1C(=C)c1ccccn1. The molecule has 0 fully saturated rings. The van der Waals surface area contributed by atoms with Crippen LogP contribution in [0.5, 0.6) is 0 Å². The summed E-state index contributed by atoms with van der Waals surface area (Å²) in [6, 6.07) is 5.73.